The lowest BCUT2D eigenvalue weighted by Crippen LogP contribution is -1.89. The molecule has 0 amide bonds. The first-order chi connectivity index (χ1) is 5.24. The molecule has 0 atom stereocenters. The highest BCUT2D eigenvalue weighted by Gasteiger charge is 1.97. The van der Waals surface area contributed by atoms with E-state index in [2.05, 4.69) is 18.8 Å². The molecule has 60 valence electrons. The highest BCUT2D eigenvalue weighted by atomic mass is 35.5. The summed E-state index contributed by atoms with van der Waals surface area (Å²) in [6.45, 7) is 4.22. The van der Waals surface area contributed by atoms with Crippen molar-refractivity contribution in [3.05, 3.63) is 28.5 Å². The summed E-state index contributed by atoms with van der Waals surface area (Å²) < 4.78 is 0. The molecule has 0 N–H and O–H groups in total. The summed E-state index contributed by atoms with van der Waals surface area (Å²) in [6, 6.07) is 1.94. The van der Waals surface area contributed by atoms with Crippen LogP contribution in [0.5, 0.6) is 0 Å². The number of pyridine rings is 1. The largest absolute Gasteiger partial charge is 0.244 e. The van der Waals surface area contributed by atoms with Gasteiger partial charge in [0.25, 0.3) is 0 Å². The van der Waals surface area contributed by atoms with Crippen LogP contribution >= 0.6 is 11.6 Å². The fourth-order valence-electron chi connectivity index (χ4n) is 1.07. The summed E-state index contributed by atoms with van der Waals surface area (Å²) in [4.78, 5) is 3.99. The van der Waals surface area contributed by atoms with Gasteiger partial charge in [0.2, 0.25) is 0 Å². The van der Waals surface area contributed by atoms with Crippen LogP contribution in [0.25, 0.3) is 0 Å². The Morgan fingerprint density at radius 3 is 2.91 bits per heavy atom. The minimum absolute atomic E-state index is 0.596. The Kier molecular flexibility index (Phi) is 2.89. The van der Waals surface area contributed by atoms with Crippen molar-refractivity contribution in [1.29, 1.82) is 0 Å². The summed E-state index contributed by atoms with van der Waals surface area (Å²) >= 11 is 5.74. The van der Waals surface area contributed by atoms with Gasteiger partial charge < -0.3 is 0 Å². The average molecular weight is 170 g/mol. The van der Waals surface area contributed by atoms with E-state index in [1.165, 1.54) is 11.1 Å². The Balaban J connectivity index is 2.93. The molecule has 1 nitrogen and oxygen atoms in total. The number of hydrogen-bond donors (Lipinski definition) is 0. The Morgan fingerprint density at radius 1 is 1.55 bits per heavy atom. The molecular formula is C9H12ClN. The summed E-state index contributed by atoms with van der Waals surface area (Å²) in [5, 5.41) is 0.596. The first-order valence-electron chi connectivity index (χ1n) is 3.85. The topological polar surface area (TPSA) is 12.9 Å². The highest BCUT2D eigenvalue weighted by molar-refractivity contribution is 6.29. The standard InChI is InChI=1S/C9H12ClN/c1-3-4-8-5-9(10)11-6-7(8)2/h5-6H,3-4H2,1-2H3. The fraction of sp³-hybridized carbons (Fsp3) is 0.444. The van der Waals surface area contributed by atoms with Crippen molar-refractivity contribution in [2.75, 3.05) is 0 Å². The molecule has 0 bridgehead atoms. The van der Waals surface area contributed by atoms with E-state index in [0.717, 1.165) is 12.8 Å². The Hall–Kier alpha value is -0.560. The van der Waals surface area contributed by atoms with E-state index in [-0.39, 0.29) is 0 Å². The molecule has 1 aromatic rings. The van der Waals surface area contributed by atoms with Crippen molar-refractivity contribution < 1.29 is 0 Å². The van der Waals surface area contributed by atoms with Crippen molar-refractivity contribution >= 4 is 11.6 Å². The van der Waals surface area contributed by atoms with Crippen LogP contribution in [-0.2, 0) is 6.42 Å². The van der Waals surface area contributed by atoms with E-state index in [4.69, 9.17) is 11.6 Å². The van der Waals surface area contributed by atoms with Crippen LogP contribution in [0.1, 0.15) is 24.5 Å². The van der Waals surface area contributed by atoms with Gasteiger partial charge in [-0.25, -0.2) is 4.98 Å². The van der Waals surface area contributed by atoms with E-state index < -0.39 is 0 Å². The number of nitrogens with zero attached hydrogens (tertiary/aromatic N) is 1. The second-order valence-corrected chi connectivity index (χ2v) is 3.07. The van der Waals surface area contributed by atoms with Crippen molar-refractivity contribution in [3.8, 4) is 0 Å². The lowest BCUT2D eigenvalue weighted by atomic mass is 10.1. The molecule has 0 fully saturated rings. The molecule has 1 rings (SSSR count). The summed E-state index contributed by atoms with van der Waals surface area (Å²) in [5.74, 6) is 0. The lowest BCUT2D eigenvalue weighted by molar-refractivity contribution is 0.908. The first kappa shape index (κ1) is 8.54. The molecule has 0 unspecified atom stereocenters. The molecule has 0 saturated heterocycles. The second-order valence-electron chi connectivity index (χ2n) is 2.68. The minimum Gasteiger partial charge on any atom is -0.244 e. The van der Waals surface area contributed by atoms with Crippen LogP contribution in [0.2, 0.25) is 5.15 Å². The molecule has 0 aliphatic rings. The van der Waals surface area contributed by atoms with Gasteiger partial charge in [0.1, 0.15) is 5.15 Å². The minimum atomic E-state index is 0.596. The molecule has 0 spiro atoms. The van der Waals surface area contributed by atoms with E-state index in [1.807, 2.05) is 12.3 Å². The van der Waals surface area contributed by atoms with Gasteiger partial charge in [-0.15, -0.1) is 0 Å². The zero-order chi connectivity index (χ0) is 8.27. The number of rotatable bonds is 2. The molecule has 0 saturated carbocycles. The Bertz CT molecular complexity index is 245. The molecule has 0 aliphatic carbocycles. The van der Waals surface area contributed by atoms with Crippen LogP contribution in [0, 0.1) is 6.92 Å². The van der Waals surface area contributed by atoms with Gasteiger partial charge in [-0.3, -0.25) is 0 Å². The van der Waals surface area contributed by atoms with Crippen LogP contribution in [0.15, 0.2) is 12.3 Å². The average Bonchev–Trinajstić information content (AvgIpc) is 1.98. The van der Waals surface area contributed by atoms with Crippen molar-refractivity contribution in [2.24, 2.45) is 0 Å². The maximum absolute atomic E-state index is 5.74. The van der Waals surface area contributed by atoms with Crippen LogP contribution in [-0.4, -0.2) is 4.98 Å². The SMILES string of the molecule is CCCc1cc(Cl)ncc1C. The predicted molar refractivity (Wildman–Crippen MR) is 48.0 cm³/mol. The maximum atomic E-state index is 5.74. The van der Waals surface area contributed by atoms with Crippen LogP contribution in [0.3, 0.4) is 0 Å². The molecule has 0 radical (unpaired) electrons. The van der Waals surface area contributed by atoms with Crippen molar-refractivity contribution in [3.63, 3.8) is 0 Å². The summed E-state index contributed by atoms with van der Waals surface area (Å²) in [6.07, 6.45) is 4.07. The second kappa shape index (κ2) is 3.72. The first-order valence-corrected chi connectivity index (χ1v) is 4.23. The van der Waals surface area contributed by atoms with Gasteiger partial charge in [-0.05, 0) is 30.5 Å². The van der Waals surface area contributed by atoms with Crippen LogP contribution in [0.4, 0.5) is 0 Å². The van der Waals surface area contributed by atoms with Gasteiger partial charge in [0.05, 0.1) is 0 Å². The number of aromatic nitrogens is 1. The van der Waals surface area contributed by atoms with Crippen LogP contribution < -0.4 is 0 Å². The molecular weight excluding hydrogens is 158 g/mol. The molecule has 1 aromatic heterocycles. The van der Waals surface area contributed by atoms with Crippen molar-refractivity contribution in [1.82, 2.24) is 4.98 Å². The lowest BCUT2D eigenvalue weighted by Gasteiger charge is -2.02. The van der Waals surface area contributed by atoms with Crippen molar-refractivity contribution in [2.45, 2.75) is 26.7 Å². The van der Waals surface area contributed by atoms with E-state index in [0.29, 0.717) is 5.15 Å². The number of halogens is 1. The predicted octanol–water partition coefficient (Wildman–Crippen LogP) is 3.00. The number of aryl methyl sites for hydroxylation is 2. The third kappa shape index (κ3) is 2.19. The molecule has 0 aromatic carbocycles. The zero-order valence-corrected chi connectivity index (χ0v) is 7.65. The van der Waals surface area contributed by atoms with Gasteiger partial charge in [-0.1, -0.05) is 24.9 Å². The molecule has 11 heavy (non-hydrogen) atoms. The summed E-state index contributed by atoms with van der Waals surface area (Å²) in [5.41, 5.74) is 2.55. The van der Waals surface area contributed by atoms with Gasteiger partial charge in [0, 0.05) is 6.20 Å². The quantitative estimate of drug-likeness (QED) is 0.621. The molecule has 2 heteroatoms. The highest BCUT2D eigenvalue weighted by Crippen LogP contribution is 2.13. The number of hydrogen-bond acceptors (Lipinski definition) is 1. The third-order valence-electron chi connectivity index (χ3n) is 1.70. The third-order valence-corrected chi connectivity index (χ3v) is 1.91. The van der Waals surface area contributed by atoms with Gasteiger partial charge >= 0.3 is 0 Å². The maximum Gasteiger partial charge on any atom is 0.129 e. The van der Waals surface area contributed by atoms with E-state index in [9.17, 15) is 0 Å². The zero-order valence-electron chi connectivity index (χ0n) is 6.89. The Labute approximate surface area is 72.4 Å². The smallest absolute Gasteiger partial charge is 0.129 e. The van der Waals surface area contributed by atoms with Gasteiger partial charge in [0.15, 0.2) is 0 Å². The molecule has 1 heterocycles. The fourth-order valence-corrected chi connectivity index (χ4v) is 1.26. The van der Waals surface area contributed by atoms with E-state index in [1.54, 1.807) is 0 Å². The normalized spacial score (nSPS) is 10.1. The van der Waals surface area contributed by atoms with Gasteiger partial charge in [-0.2, -0.15) is 0 Å². The summed E-state index contributed by atoms with van der Waals surface area (Å²) in [7, 11) is 0. The Morgan fingerprint density at radius 2 is 2.27 bits per heavy atom. The molecule has 0 aliphatic heterocycles. The van der Waals surface area contributed by atoms with E-state index >= 15 is 0 Å². The monoisotopic (exact) mass is 169 g/mol.